The lowest BCUT2D eigenvalue weighted by Gasteiger charge is -2.44. The first-order chi connectivity index (χ1) is 27.1. The number of likely N-dealkylation sites (tertiary alicyclic amines) is 1. The number of rotatable bonds is 9. The molecule has 2 N–H and O–H groups in total. The maximum Gasteiger partial charge on any atom is 0.328 e. The molecule has 3 saturated heterocycles. The Kier molecular flexibility index (Phi) is 10.9. The molecule has 0 atom stereocenters. The molecule has 56 heavy (non-hydrogen) atoms. The zero-order valence-corrected chi connectivity index (χ0v) is 32.5. The van der Waals surface area contributed by atoms with Crippen LogP contribution in [0.1, 0.15) is 86.8 Å². The highest BCUT2D eigenvalue weighted by atomic mass is 35.5. The summed E-state index contributed by atoms with van der Waals surface area (Å²) in [4.78, 5) is 43.9. The van der Waals surface area contributed by atoms with Gasteiger partial charge in [0.05, 0.1) is 27.9 Å². The van der Waals surface area contributed by atoms with E-state index in [0.29, 0.717) is 41.0 Å². The molecule has 0 unspecified atom stereocenters. The second-order valence-corrected chi connectivity index (χ2v) is 16.5. The molecule has 2 aromatic heterocycles. The molecule has 4 aliphatic rings. The zero-order valence-electron chi connectivity index (χ0n) is 31.8. The second-order valence-electron chi connectivity index (χ2n) is 16.1. The number of fused-ring (bicyclic) bond motifs is 1. The Bertz CT molecular complexity index is 2130. The van der Waals surface area contributed by atoms with Crippen LogP contribution in [-0.4, -0.2) is 88.9 Å². The largest absolute Gasteiger partial charge is 0.490 e. The van der Waals surface area contributed by atoms with Crippen LogP contribution in [0.3, 0.4) is 0 Å². The standard InChI is InChI=1S/C42H48ClN9O4/c1-42(27-49-19-13-30(14-20-49)51-21-15-33-36(51)3-2-4-37(33)52-22-16-39(53)46-41(52)55)17-23-50(24-18-42)38-12-11-35(47-48-38)40(54)45-29-6-9-31(10-7-29)56-32-8-5-28(26-44)34(43)25-32/h2-5,8,11-12,15,21,25,29-31H,6-7,9-10,13-14,16-20,22-24,27H2,1H3,(H,45,54)(H,46,53,55). The molecule has 13 nitrogen and oxygen atoms in total. The summed E-state index contributed by atoms with van der Waals surface area (Å²) >= 11 is 6.16. The van der Waals surface area contributed by atoms with Crippen LogP contribution in [0, 0.1) is 16.7 Å². The van der Waals surface area contributed by atoms with Gasteiger partial charge in [0.25, 0.3) is 5.91 Å². The van der Waals surface area contributed by atoms with Crippen molar-refractivity contribution in [3.63, 3.8) is 0 Å². The fraction of sp³-hybridized carbons (Fsp3) is 0.476. The zero-order chi connectivity index (χ0) is 38.8. The summed E-state index contributed by atoms with van der Waals surface area (Å²) in [5.41, 5.74) is 2.93. The summed E-state index contributed by atoms with van der Waals surface area (Å²) in [5.74, 6) is 1.03. The Morgan fingerprint density at radius 3 is 2.46 bits per heavy atom. The lowest BCUT2D eigenvalue weighted by atomic mass is 9.79. The molecule has 1 aliphatic carbocycles. The van der Waals surface area contributed by atoms with Crippen molar-refractivity contribution < 1.29 is 19.1 Å². The van der Waals surface area contributed by atoms with Crippen molar-refractivity contribution in [1.82, 2.24) is 30.3 Å². The minimum absolute atomic E-state index is 0.0325. The number of urea groups is 1. The maximum atomic E-state index is 13.1. The van der Waals surface area contributed by atoms with Crippen LogP contribution in [-0.2, 0) is 4.79 Å². The highest BCUT2D eigenvalue weighted by molar-refractivity contribution is 6.31. The fourth-order valence-electron chi connectivity index (χ4n) is 8.90. The number of ether oxygens (including phenoxy) is 1. The molecule has 2 aromatic carbocycles. The quantitative estimate of drug-likeness (QED) is 0.195. The highest BCUT2D eigenvalue weighted by Gasteiger charge is 2.35. The molecule has 0 bridgehead atoms. The number of piperidine rings is 2. The number of amides is 4. The number of nitriles is 1. The van der Waals surface area contributed by atoms with Gasteiger partial charge < -0.3 is 24.4 Å². The van der Waals surface area contributed by atoms with E-state index >= 15 is 0 Å². The average Bonchev–Trinajstić information content (AvgIpc) is 3.64. The summed E-state index contributed by atoms with van der Waals surface area (Å²) < 4.78 is 8.47. The molecule has 4 amide bonds. The SMILES string of the molecule is CC1(CN2CCC(n3ccc4c(N5CCC(=O)NC5=O)cccc43)CC2)CCN(c2ccc(C(=O)NC3CCC(Oc4ccc(C#N)c(Cl)c4)CC3)nn2)CC1. The van der Waals surface area contributed by atoms with Gasteiger partial charge in [-0.2, -0.15) is 5.26 Å². The van der Waals surface area contributed by atoms with E-state index < -0.39 is 0 Å². The van der Waals surface area contributed by atoms with Gasteiger partial charge in [0, 0.05) is 75.4 Å². The van der Waals surface area contributed by atoms with Gasteiger partial charge >= 0.3 is 6.03 Å². The van der Waals surface area contributed by atoms with Crippen molar-refractivity contribution in [3.05, 3.63) is 77.1 Å². The number of hydrogen-bond acceptors (Lipinski definition) is 9. The number of anilines is 2. The van der Waals surface area contributed by atoms with E-state index in [9.17, 15) is 14.4 Å². The number of hydrogen-bond donors (Lipinski definition) is 2. The number of nitrogens with one attached hydrogen (secondary N) is 2. The molecule has 0 radical (unpaired) electrons. The maximum absolute atomic E-state index is 13.1. The molecule has 3 aliphatic heterocycles. The highest BCUT2D eigenvalue weighted by Crippen LogP contribution is 2.37. The summed E-state index contributed by atoms with van der Waals surface area (Å²) in [7, 11) is 0. The van der Waals surface area contributed by atoms with Crippen LogP contribution >= 0.6 is 11.6 Å². The van der Waals surface area contributed by atoms with Crippen LogP contribution in [0.25, 0.3) is 10.9 Å². The number of carbonyl (C=O) groups excluding carboxylic acids is 3. The molecule has 4 aromatic rings. The third kappa shape index (κ3) is 8.18. The van der Waals surface area contributed by atoms with E-state index in [1.807, 2.05) is 18.2 Å². The molecule has 0 spiro atoms. The van der Waals surface area contributed by atoms with Crippen LogP contribution < -0.4 is 25.2 Å². The van der Waals surface area contributed by atoms with Gasteiger partial charge in [0.15, 0.2) is 11.5 Å². The molecule has 292 valence electrons. The third-order valence-electron chi connectivity index (χ3n) is 12.2. The predicted molar refractivity (Wildman–Crippen MR) is 214 cm³/mol. The minimum Gasteiger partial charge on any atom is -0.490 e. The molecule has 1 saturated carbocycles. The van der Waals surface area contributed by atoms with Crippen LogP contribution in [0.2, 0.25) is 5.02 Å². The normalized spacial score (nSPS) is 22.1. The van der Waals surface area contributed by atoms with Gasteiger partial charge in [-0.05, 0) is 99.2 Å². The van der Waals surface area contributed by atoms with E-state index in [4.69, 9.17) is 21.6 Å². The molecule has 14 heteroatoms. The van der Waals surface area contributed by atoms with Gasteiger partial charge in [-0.25, -0.2) is 4.79 Å². The predicted octanol–water partition coefficient (Wildman–Crippen LogP) is 6.47. The van der Waals surface area contributed by atoms with Crippen molar-refractivity contribution in [1.29, 1.82) is 5.26 Å². The summed E-state index contributed by atoms with van der Waals surface area (Å²) in [6.45, 7) is 7.74. The fourth-order valence-corrected chi connectivity index (χ4v) is 9.11. The van der Waals surface area contributed by atoms with Gasteiger partial charge in [0.1, 0.15) is 11.8 Å². The van der Waals surface area contributed by atoms with Crippen molar-refractivity contribution >= 4 is 51.9 Å². The second kappa shape index (κ2) is 16.1. The molecule has 5 heterocycles. The number of halogens is 1. The minimum atomic E-state index is -0.355. The van der Waals surface area contributed by atoms with E-state index in [2.05, 4.69) is 66.5 Å². The Morgan fingerprint density at radius 1 is 0.982 bits per heavy atom. The van der Waals surface area contributed by atoms with Gasteiger partial charge in [-0.1, -0.05) is 24.6 Å². The molecule has 4 fully saturated rings. The van der Waals surface area contributed by atoms with Crippen molar-refractivity contribution in [2.24, 2.45) is 5.41 Å². The van der Waals surface area contributed by atoms with E-state index in [-0.39, 0.29) is 35.4 Å². The monoisotopic (exact) mass is 777 g/mol. The number of imide groups is 1. The van der Waals surface area contributed by atoms with Crippen LogP contribution in [0.15, 0.2) is 60.8 Å². The van der Waals surface area contributed by atoms with Crippen molar-refractivity contribution in [3.8, 4) is 11.8 Å². The van der Waals surface area contributed by atoms with E-state index in [1.165, 1.54) is 0 Å². The van der Waals surface area contributed by atoms with Crippen molar-refractivity contribution in [2.75, 3.05) is 49.1 Å². The topological polar surface area (TPSA) is 149 Å². The van der Waals surface area contributed by atoms with Gasteiger partial charge in [0.2, 0.25) is 5.91 Å². The first-order valence-electron chi connectivity index (χ1n) is 19.8. The van der Waals surface area contributed by atoms with E-state index in [1.54, 1.807) is 29.2 Å². The molecule has 8 rings (SSSR count). The van der Waals surface area contributed by atoms with E-state index in [0.717, 1.165) is 106 Å². The summed E-state index contributed by atoms with van der Waals surface area (Å²) in [5, 5.41) is 24.9. The third-order valence-corrected chi connectivity index (χ3v) is 12.5. The number of carbonyl (C=O) groups is 3. The summed E-state index contributed by atoms with van der Waals surface area (Å²) in [6, 6.07) is 19.1. The Morgan fingerprint density at radius 2 is 1.77 bits per heavy atom. The van der Waals surface area contributed by atoms with Gasteiger partial charge in [-0.3, -0.25) is 19.8 Å². The number of aromatic nitrogens is 3. The van der Waals surface area contributed by atoms with Crippen LogP contribution in [0.4, 0.5) is 16.3 Å². The first-order valence-corrected chi connectivity index (χ1v) is 20.2. The first kappa shape index (κ1) is 37.7. The Hall–Kier alpha value is -5.19. The number of benzene rings is 2. The van der Waals surface area contributed by atoms with Crippen LogP contribution in [0.5, 0.6) is 5.75 Å². The lowest BCUT2D eigenvalue weighted by Crippen LogP contribution is -2.49. The smallest absolute Gasteiger partial charge is 0.328 e. The van der Waals surface area contributed by atoms with Gasteiger partial charge in [-0.15, -0.1) is 10.2 Å². The Balaban J connectivity index is 0.777. The summed E-state index contributed by atoms with van der Waals surface area (Å²) in [6.07, 6.45) is 9.95. The Labute approximate surface area is 331 Å². The average molecular weight is 778 g/mol. The number of nitrogens with zero attached hydrogens (tertiary/aromatic N) is 7. The lowest BCUT2D eigenvalue weighted by molar-refractivity contribution is -0.120. The van der Waals surface area contributed by atoms with Crippen molar-refractivity contribution in [2.45, 2.75) is 82.9 Å². The molecular formula is C42H48ClN9O4. The molecular weight excluding hydrogens is 730 g/mol.